The zero-order valence-electron chi connectivity index (χ0n) is 8.15. The third-order valence-electron chi connectivity index (χ3n) is 1.90. The van der Waals surface area contributed by atoms with Crippen molar-refractivity contribution in [1.29, 1.82) is 0 Å². The predicted molar refractivity (Wildman–Crippen MR) is 56.3 cm³/mol. The van der Waals surface area contributed by atoms with Gasteiger partial charge in [-0.05, 0) is 12.1 Å². The van der Waals surface area contributed by atoms with Gasteiger partial charge < -0.3 is 13.7 Å². The summed E-state index contributed by atoms with van der Waals surface area (Å²) in [6.45, 7) is 0. The lowest BCUT2D eigenvalue weighted by Crippen LogP contribution is -2.06. The van der Waals surface area contributed by atoms with E-state index in [9.17, 15) is 18.3 Å². The standard InChI is InChI=1S/C9H6O7S/c10-6-3-5-1-2-9(11)15-7(5)4-8(6)16-17(12,13)14/h1-4,10H,(H,12,13,14). The Bertz CT molecular complexity index is 729. The molecule has 0 amide bonds. The van der Waals surface area contributed by atoms with E-state index < -0.39 is 27.5 Å². The molecule has 0 unspecified atom stereocenters. The number of benzene rings is 1. The van der Waals surface area contributed by atoms with Crippen molar-refractivity contribution in [2.75, 3.05) is 0 Å². The van der Waals surface area contributed by atoms with Crippen LogP contribution < -0.4 is 9.81 Å². The van der Waals surface area contributed by atoms with Crippen molar-refractivity contribution in [3.05, 3.63) is 34.7 Å². The number of rotatable bonds is 2. The van der Waals surface area contributed by atoms with Crippen LogP contribution in [-0.2, 0) is 10.4 Å². The number of hydrogen-bond acceptors (Lipinski definition) is 6. The average Bonchev–Trinajstić information content (AvgIpc) is 2.17. The summed E-state index contributed by atoms with van der Waals surface area (Å²) < 4.78 is 38.3. The van der Waals surface area contributed by atoms with Crippen molar-refractivity contribution in [3.8, 4) is 11.5 Å². The summed E-state index contributed by atoms with van der Waals surface area (Å²) in [5.74, 6) is -1.04. The summed E-state index contributed by atoms with van der Waals surface area (Å²) in [6, 6.07) is 4.65. The summed E-state index contributed by atoms with van der Waals surface area (Å²) in [5, 5.41) is 9.80. The maximum absolute atomic E-state index is 10.9. The fraction of sp³-hybridized carbons (Fsp3) is 0. The maximum atomic E-state index is 10.9. The molecule has 7 nitrogen and oxygen atoms in total. The molecular weight excluding hydrogens is 252 g/mol. The minimum absolute atomic E-state index is 0.0222. The number of phenolic OH excluding ortho intramolecular Hbond substituents is 1. The molecule has 0 saturated carbocycles. The van der Waals surface area contributed by atoms with Crippen LogP contribution in [0.15, 0.2) is 33.5 Å². The first-order valence-electron chi connectivity index (χ1n) is 4.29. The molecule has 0 aliphatic rings. The van der Waals surface area contributed by atoms with Gasteiger partial charge in [0, 0.05) is 17.5 Å². The molecule has 1 aromatic heterocycles. The second-order valence-corrected chi connectivity index (χ2v) is 4.15. The van der Waals surface area contributed by atoms with E-state index in [0.29, 0.717) is 5.39 Å². The molecule has 90 valence electrons. The first kappa shape index (κ1) is 11.4. The summed E-state index contributed by atoms with van der Waals surface area (Å²) in [6.07, 6.45) is 0. The molecule has 0 bridgehead atoms. The van der Waals surface area contributed by atoms with Crippen molar-refractivity contribution in [2.45, 2.75) is 0 Å². The lowest BCUT2D eigenvalue weighted by molar-refractivity contribution is 0.371. The normalized spacial score (nSPS) is 11.6. The minimum atomic E-state index is -4.76. The SMILES string of the molecule is O=c1ccc2cc(O)c(OS(=O)(=O)O)cc2o1. The second-order valence-electron chi connectivity index (χ2n) is 3.12. The van der Waals surface area contributed by atoms with Gasteiger partial charge in [-0.25, -0.2) is 4.79 Å². The number of fused-ring (bicyclic) bond motifs is 1. The molecule has 0 spiro atoms. The highest BCUT2D eigenvalue weighted by atomic mass is 32.3. The van der Waals surface area contributed by atoms with Crippen molar-refractivity contribution in [3.63, 3.8) is 0 Å². The van der Waals surface area contributed by atoms with Gasteiger partial charge >= 0.3 is 16.0 Å². The zero-order chi connectivity index (χ0) is 12.6. The van der Waals surface area contributed by atoms with Crippen LogP contribution in [0.2, 0.25) is 0 Å². The molecule has 1 aromatic carbocycles. The van der Waals surface area contributed by atoms with Crippen LogP contribution in [0.4, 0.5) is 0 Å². The van der Waals surface area contributed by atoms with Crippen molar-refractivity contribution >= 4 is 21.4 Å². The quantitative estimate of drug-likeness (QED) is 0.601. The molecule has 0 aliphatic heterocycles. The van der Waals surface area contributed by atoms with Gasteiger partial charge in [-0.15, -0.1) is 0 Å². The van der Waals surface area contributed by atoms with Gasteiger partial charge in [-0.1, -0.05) is 0 Å². The molecule has 17 heavy (non-hydrogen) atoms. The van der Waals surface area contributed by atoms with Gasteiger partial charge in [0.1, 0.15) is 5.58 Å². The smallest absolute Gasteiger partial charge is 0.446 e. The molecule has 0 radical (unpaired) electrons. The molecule has 1 heterocycles. The lowest BCUT2D eigenvalue weighted by atomic mass is 10.2. The molecule has 2 N–H and O–H groups in total. The fourth-order valence-electron chi connectivity index (χ4n) is 1.26. The van der Waals surface area contributed by atoms with E-state index in [1.807, 2.05) is 0 Å². The van der Waals surface area contributed by atoms with Gasteiger partial charge in [0.25, 0.3) is 0 Å². The Balaban J connectivity index is 2.65. The van der Waals surface area contributed by atoms with Crippen LogP contribution in [0.3, 0.4) is 0 Å². The monoisotopic (exact) mass is 258 g/mol. The largest absolute Gasteiger partial charge is 0.504 e. The average molecular weight is 258 g/mol. The first-order chi connectivity index (χ1) is 7.85. The predicted octanol–water partition coefficient (Wildman–Crippen LogP) is 0.680. The third kappa shape index (κ3) is 2.55. The van der Waals surface area contributed by atoms with Gasteiger partial charge in [0.2, 0.25) is 0 Å². The molecule has 0 fully saturated rings. The molecule has 0 atom stereocenters. The molecule has 2 rings (SSSR count). The van der Waals surface area contributed by atoms with Crippen molar-refractivity contribution in [2.24, 2.45) is 0 Å². The zero-order valence-corrected chi connectivity index (χ0v) is 8.97. The van der Waals surface area contributed by atoms with Gasteiger partial charge in [0.05, 0.1) is 0 Å². The van der Waals surface area contributed by atoms with Gasteiger partial charge in [0.15, 0.2) is 11.5 Å². The first-order valence-corrected chi connectivity index (χ1v) is 5.65. The Kier molecular flexibility index (Phi) is 2.52. The number of hydrogen-bond donors (Lipinski definition) is 2. The summed E-state index contributed by atoms with van der Waals surface area (Å²) in [7, 11) is -4.76. The summed E-state index contributed by atoms with van der Waals surface area (Å²) >= 11 is 0. The third-order valence-corrected chi connectivity index (χ3v) is 2.29. The van der Waals surface area contributed by atoms with E-state index in [4.69, 9.17) is 8.97 Å². The van der Waals surface area contributed by atoms with E-state index in [1.165, 1.54) is 6.07 Å². The van der Waals surface area contributed by atoms with E-state index >= 15 is 0 Å². The molecule has 2 aromatic rings. The Hall–Kier alpha value is -2.06. The molecule has 0 saturated heterocycles. The molecule has 0 aliphatic carbocycles. The summed E-state index contributed by atoms with van der Waals surface area (Å²) in [5.41, 5.74) is -0.616. The van der Waals surface area contributed by atoms with Crippen LogP contribution in [0.1, 0.15) is 0 Å². The second kappa shape index (κ2) is 3.75. The van der Waals surface area contributed by atoms with Gasteiger partial charge in [-0.2, -0.15) is 8.42 Å². The van der Waals surface area contributed by atoms with Crippen LogP contribution in [-0.4, -0.2) is 18.1 Å². The van der Waals surface area contributed by atoms with E-state index in [1.54, 1.807) is 0 Å². The van der Waals surface area contributed by atoms with Crippen LogP contribution in [0.5, 0.6) is 11.5 Å². The Morgan fingerprint density at radius 3 is 2.59 bits per heavy atom. The van der Waals surface area contributed by atoms with Crippen molar-refractivity contribution in [1.82, 2.24) is 0 Å². The topological polar surface area (TPSA) is 114 Å². The minimum Gasteiger partial charge on any atom is -0.504 e. The Morgan fingerprint density at radius 1 is 1.24 bits per heavy atom. The van der Waals surface area contributed by atoms with Crippen LogP contribution in [0.25, 0.3) is 11.0 Å². The van der Waals surface area contributed by atoms with Crippen LogP contribution in [0, 0.1) is 0 Å². The number of aromatic hydroxyl groups is 1. The maximum Gasteiger partial charge on any atom is 0.446 e. The highest BCUT2D eigenvalue weighted by molar-refractivity contribution is 7.81. The number of phenols is 1. The highest BCUT2D eigenvalue weighted by Crippen LogP contribution is 2.31. The van der Waals surface area contributed by atoms with Gasteiger partial charge in [-0.3, -0.25) is 4.55 Å². The Morgan fingerprint density at radius 2 is 1.94 bits per heavy atom. The van der Waals surface area contributed by atoms with E-state index in [-0.39, 0.29) is 5.58 Å². The van der Waals surface area contributed by atoms with E-state index in [2.05, 4.69) is 4.18 Å². The van der Waals surface area contributed by atoms with Crippen LogP contribution >= 0.6 is 0 Å². The highest BCUT2D eigenvalue weighted by Gasteiger charge is 2.13. The molecular formula is C9H6O7S. The lowest BCUT2D eigenvalue weighted by Gasteiger charge is -2.04. The molecule has 8 heteroatoms. The summed E-state index contributed by atoms with van der Waals surface area (Å²) in [4.78, 5) is 10.9. The fourth-order valence-corrected chi connectivity index (χ4v) is 1.63. The Labute approximate surface area is 94.8 Å². The van der Waals surface area contributed by atoms with Crippen molar-refractivity contribution < 1.29 is 26.7 Å². The van der Waals surface area contributed by atoms with E-state index in [0.717, 1.165) is 18.2 Å².